The Labute approximate surface area is 72.2 Å². The summed E-state index contributed by atoms with van der Waals surface area (Å²) in [5.74, 6) is 0.903. The summed E-state index contributed by atoms with van der Waals surface area (Å²) in [6.45, 7) is 6.79. The van der Waals surface area contributed by atoms with Crippen LogP contribution in [-0.2, 0) is 0 Å². The summed E-state index contributed by atoms with van der Waals surface area (Å²) in [5, 5.41) is 0. The fourth-order valence-corrected chi connectivity index (χ4v) is 0.612. The number of hydrogen-bond donors (Lipinski definition) is 0. The van der Waals surface area contributed by atoms with Gasteiger partial charge in [0.05, 0.1) is 0 Å². The van der Waals surface area contributed by atoms with Gasteiger partial charge < -0.3 is 2.85 Å². The number of hydrogen-bond acceptors (Lipinski definition) is 0. The van der Waals surface area contributed by atoms with Crippen LogP contribution in [0, 0.1) is 5.92 Å². The Kier molecular flexibility index (Phi) is 11.2. The van der Waals surface area contributed by atoms with Gasteiger partial charge in [-0.25, -0.2) is 0 Å². The third-order valence-corrected chi connectivity index (χ3v) is 1.14. The van der Waals surface area contributed by atoms with Gasteiger partial charge in [0.15, 0.2) is 0 Å². The Morgan fingerprint density at radius 3 is 2.00 bits per heavy atom. The Balaban J connectivity index is -0.0000000600. The Morgan fingerprint density at radius 2 is 1.88 bits per heavy atom. The van der Waals surface area contributed by atoms with Gasteiger partial charge in [-0.3, -0.25) is 0 Å². The van der Waals surface area contributed by atoms with Crippen molar-refractivity contribution in [2.24, 2.45) is 5.92 Å². The maximum Gasteiger partial charge on any atom is 2.00 e. The van der Waals surface area contributed by atoms with Crippen LogP contribution in [0.5, 0.6) is 0 Å². The monoisotopic (exact) mass is 126 g/mol. The molecule has 0 aromatic heterocycles. The summed E-state index contributed by atoms with van der Waals surface area (Å²) in [4.78, 5) is 0. The second-order valence-electron chi connectivity index (χ2n) is 2.54. The van der Waals surface area contributed by atoms with Crippen molar-refractivity contribution < 1.29 is 2.85 Å². The molecule has 0 fully saturated rings. The van der Waals surface area contributed by atoms with Crippen molar-refractivity contribution in [1.82, 2.24) is 0 Å². The number of unbranched alkanes of at least 4 members (excludes halogenated alkanes) is 1. The van der Waals surface area contributed by atoms with E-state index in [0.29, 0.717) is 0 Å². The molecular formula is C7H18Mg. The van der Waals surface area contributed by atoms with E-state index in [1.54, 1.807) is 0 Å². The first-order chi connectivity index (χ1) is 3.27. The van der Waals surface area contributed by atoms with E-state index >= 15 is 0 Å². The molecule has 0 aromatic rings. The normalized spacial score (nSPS) is 9.00. The van der Waals surface area contributed by atoms with E-state index in [-0.39, 0.29) is 25.9 Å². The van der Waals surface area contributed by atoms with Crippen LogP contribution in [0.15, 0.2) is 0 Å². The molecule has 0 rings (SSSR count). The van der Waals surface area contributed by atoms with Crippen LogP contribution < -0.4 is 0 Å². The van der Waals surface area contributed by atoms with Crippen molar-refractivity contribution >= 4 is 23.1 Å². The van der Waals surface area contributed by atoms with E-state index in [0.717, 1.165) is 5.92 Å². The minimum absolute atomic E-state index is 0. The molecule has 0 nitrogen and oxygen atoms in total. The van der Waals surface area contributed by atoms with Crippen LogP contribution in [0.4, 0.5) is 0 Å². The van der Waals surface area contributed by atoms with Gasteiger partial charge in [-0.15, -0.1) is 0 Å². The Hall–Kier alpha value is 0.766. The predicted octanol–water partition coefficient (Wildman–Crippen LogP) is 2.68. The molecule has 0 unspecified atom stereocenters. The smallest absolute Gasteiger partial charge is 1.00 e. The van der Waals surface area contributed by atoms with Crippen LogP contribution in [0.25, 0.3) is 0 Å². The largest absolute Gasteiger partial charge is 2.00 e. The average molecular weight is 127 g/mol. The molecule has 0 aliphatic heterocycles. The summed E-state index contributed by atoms with van der Waals surface area (Å²) >= 11 is 0. The van der Waals surface area contributed by atoms with Gasteiger partial charge in [0, 0.05) is 0 Å². The van der Waals surface area contributed by atoms with Gasteiger partial charge in [-0.1, -0.05) is 40.0 Å². The quantitative estimate of drug-likeness (QED) is 0.510. The zero-order valence-electron chi connectivity index (χ0n) is 8.41. The minimum Gasteiger partial charge on any atom is -1.00 e. The fourth-order valence-electron chi connectivity index (χ4n) is 0.612. The molecule has 0 heterocycles. The molecule has 0 saturated carbocycles. The molecule has 0 amide bonds. The maximum atomic E-state index is 2.27. The second-order valence-corrected chi connectivity index (χ2v) is 2.54. The van der Waals surface area contributed by atoms with Crippen molar-refractivity contribution in [2.45, 2.75) is 40.0 Å². The van der Waals surface area contributed by atoms with Gasteiger partial charge in [0.25, 0.3) is 0 Å². The zero-order chi connectivity index (χ0) is 5.70. The third-order valence-electron chi connectivity index (χ3n) is 1.14. The minimum atomic E-state index is 0. The van der Waals surface area contributed by atoms with Crippen LogP contribution in [0.1, 0.15) is 42.9 Å². The third kappa shape index (κ3) is 9.90. The van der Waals surface area contributed by atoms with E-state index in [9.17, 15) is 0 Å². The predicted molar refractivity (Wildman–Crippen MR) is 42.3 cm³/mol. The first kappa shape index (κ1) is 11.5. The first-order valence-electron chi connectivity index (χ1n) is 3.27. The van der Waals surface area contributed by atoms with E-state index in [1.165, 1.54) is 19.3 Å². The van der Waals surface area contributed by atoms with Gasteiger partial charge in [0.2, 0.25) is 0 Å². The maximum absolute atomic E-state index is 2.27. The Morgan fingerprint density at radius 1 is 1.38 bits per heavy atom. The van der Waals surface area contributed by atoms with E-state index in [2.05, 4.69) is 20.8 Å². The molecule has 0 spiro atoms. The summed E-state index contributed by atoms with van der Waals surface area (Å²) in [7, 11) is 0. The van der Waals surface area contributed by atoms with Crippen LogP contribution >= 0.6 is 0 Å². The van der Waals surface area contributed by atoms with Crippen molar-refractivity contribution in [3.63, 3.8) is 0 Å². The van der Waals surface area contributed by atoms with Crippen molar-refractivity contribution in [1.29, 1.82) is 0 Å². The van der Waals surface area contributed by atoms with Gasteiger partial charge in [-0.05, 0) is 5.92 Å². The van der Waals surface area contributed by atoms with E-state index in [1.807, 2.05) is 0 Å². The summed E-state index contributed by atoms with van der Waals surface area (Å²) in [6, 6.07) is 0. The molecule has 0 aromatic carbocycles. The zero-order valence-corrected chi connectivity index (χ0v) is 7.82. The van der Waals surface area contributed by atoms with E-state index < -0.39 is 0 Å². The molecule has 0 aliphatic carbocycles. The van der Waals surface area contributed by atoms with E-state index in [4.69, 9.17) is 0 Å². The molecule has 1 heteroatoms. The van der Waals surface area contributed by atoms with Crippen LogP contribution in [0.2, 0.25) is 0 Å². The summed E-state index contributed by atoms with van der Waals surface area (Å²) in [5.41, 5.74) is 0. The molecule has 0 bridgehead atoms. The molecule has 48 valence electrons. The molecular weight excluding hydrogens is 108 g/mol. The molecule has 0 aliphatic rings. The molecule has 0 atom stereocenters. The van der Waals surface area contributed by atoms with Gasteiger partial charge in [-0.2, -0.15) is 0 Å². The summed E-state index contributed by atoms with van der Waals surface area (Å²) < 4.78 is 0. The summed E-state index contributed by atoms with van der Waals surface area (Å²) in [6.07, 6.45) is 4.15. The Bertz CT molecular complexity index is 40.6. The van der Waals surface area contributed by atoms with Crippen LogP contribution in [-0.4, -0.2) is 23.1 Å². The molecule has 8 heavy (non-hydrogen) atoms. The standard InChI is InChI=1S/C7H16.Mg.2H/c1-4-5-6-7(2)3;;;/h7H,4-6H2,1-3H3;;;/q;+2;2*-1. The van der Waals surface area contributed by atoms with Crippen molar-refractivity contribution in [3.05, 3.63) is 0 Å². The fraction of sp³-hybridized carbons (Fsp3) is 1.00. The SMILES string of the molecule is CCCCC(C)C.[H-].[H-].[Mg+2]. The molecule has 0 saturated heterocycles. The van der Waals surface area contributed by atoms with Crippen molar-refractivity contribution in [3.8, 4) is 0 Å². The van der Waals surface area contributed by atoms with Crippen LogP contribution in [0.3, 0.4) is 0 Å². The molecule has 0 N–H and O–H groups in total. The number of rotatable bonds is 3. The average Bonchev–Trinajstić information content (AvgIpc) is 1.61. The second kappa shape index (κ2) is 7.77. The molecule has 0 radical (unpaired) electrons. The van der Waals surface area contributed by atoms with Gasteiger partial charge >= 0.3 is 23.1 Å². The van der Waals surface area contributed by atoms with Crippen molar-refractivity contribution in [2.75, 3.05) is 0 Å². The topological polar surface area (TPSA) is 0 Å². The first-order valence-corrected chi connectivity index (χ1v) is 3.27. The van der Waals surface area contributed by atoms with Gasteiger partial charge in [0.1, 0.15) is 0 Å².